The van der Waals surface area contributed by atoms with Gasteiger partial charge < -0.3 is 23.9 Å². The molecule has 0 radical (unpaired) electrons. The SMILES string of the molecule is CCC(C)(C)Nc1nc(-c2ccc(C)o2)n2ncc(Oc3cccc(CO[C@H]4CCOC4)n3)c2n1. The lowest BCUT2D eigenvalue weighted by Gasteiger charge is -2.24. The van der Waals surface area contributed by atoms with Crippen LogP contribution in [-0.2, 0) is 16.1 Å². The van der Waals surface area contributed by atoms with Crippen molar-refractivity contribution in [3.8, 4) is 23.2 Å². The second-order valence-electron chi connectivity index (χ2n) is 9.25. The fraction of sp³-hybridized carbons (Fsp3) is 0.440. The third-order valence-corrected chi connectivity index (χ3v) is 5.98. The standard InChI is InChI=1S/C25H30N6O4/c1-5-25(3,4)30-24-28-22(19-10-9-16(2)34-19)31-23(29-24)20(13-26-31)35-21-8-6-7-17(27-21)14-33-18-11-12-32-15-18/h6-10,13,18H,5,11-12,14-15H2,1-4H3,(H,29,30)/t18-/m0/s1. The van der Waals surface area contributed by atoms with Gasteiger partial charge in [-0.2, -0.15) is 19.6 Å². The summed E-state index contributed by atoms with van der Waals surface area (Å²) >= 11 is 0. The van der Waals surface area contributed by atoms with E-state index in [1.54, 1.807) is 16.8 Å². The number of ether oxygens (including phenoxy) is 3. The number of rotatable bonds is 9. The van der Waals surface area contributed by atoms with Crippen molar-refractivity contribution in [3.05, 3.63) is 48.0 Å². The summed E-state index contributed by atoms with van der Waals surface area (Å²) in [5.41, 5.74) is 1.08. The minimum atomic E-state index is -0.198. The van der Waals surface area contributed by atoms with E-state index in [4.69, 9.17) is 28.6 Å². The highest BCUT2D eigenvalue weighted by Gasteiger charge is 2.22. The van der Waals surface area contributed by atoms with Crippen LogP contribution in [0.2, 0.25) is 0 Å². The van der Waals surface area contributed by atoms with Gasteiger partial charge in [-0.3, -0.25) is 0 Å². The van der Waals surface area contributed by atoms with Crippen LogP contribution in [-0.4, -0.2) is 49.4 Å². The molecule has 1 N–H and O–H groups in total. The second-order valence-corrected chi connectivity index (χ2v) is 9.25. The Morgan fingerprint density at radius 2 is 2.06 bits per heavy atom. The molecule has 10 nitrogen and oxygen atoms in total. The van der Waals surface area contributed by atoms with E-state index in [0.29, 0.717) is 48.0 Å². The molecule has 184 valence electrons. The van der Waals surface area contributed by atoms with Gasteiger partial charge in [-0.25, -0.2) is 4.98 Å². The maximum atomic E-state index is 6.13. The highest BCUT2D eigenvalue weighted by atomic mass is 16.5. The lowest BCUT2D eigenvalue weighted by molar-refractivity contribution is 0.0300. The number of aromatic nitrogens is 5. The fourth-order valence-electron chi connectivity index (χ4n) is 3.65. The van der Waals surface area contributed by atoms with Gasteiger partial charge in [0.1, 0.15) is 5.76 Å². The van der Waals surface area contributed by atoms with Gasteiger partial charge in [0.25, 0.3) is 0 Å². The number of nitrogens with one attached hydrogen (secondary N) is 1. The Balaban J connectivity index is 1.46. The van der Waals surface area contributed by atoms with Gasteiger partial charge in [0, 0.05) is 18.2 Å². The molecule has 1 aliphatic rings. The second kappa shape index (κ2) is 9.63. The molecule has 0 aliphatic carbocycles. The van der Waals surface area contributed by atoms with Crippen molar-refractivity contribution in [3.63, 3.8) is 0 Å². The average Bonchev–Trinajstić information content (AvgIpc) is 3.60. The zero-order valence-electron chi connectivity index (χ0n) is 20.4. The molecule has 1 aliphatic heterocycles. The van der Waals surface area contributed by atoms with Gasteiger partial charge in [0.05, 0.1) is 31.2 Å². The molecule has 10 heteroatoms. The van der Waals surface area contributed by atoms with Gasteiger partial charge in [0.2, 0.25) is 23.3 Å². The fourth-order valence-corrected chi connectivity index (χ4v) is 3.65. The number of hydrogen-bond donors (Lipinski definition) is 1. The van der Waals surface area contributed by atoms with E-state index in [2.05, 4.69) is 36.2 Å². The topological polar surface area (TPSA) is 109 Å². The summed E-state index contributed by atoms with van der Waals surface area (Å²) in [6.45, 7) is 9.95. The van der Waals surface area contributed by atoms with Crippen molar-refractivity contribution in [2.24, 2.45) is 0 Å². The van der Waals surface area contributed by atoms with Gasteiger partial charge >= 0.3 is 0 Å². The lowest BCUT2D eigenvalue weighted by Crippen LogP contribution is -2.31. The van der Waals surface area contributed by atoms with E-state index in [-0.39, 0.29) is 11.6 Å². The monoisotopic (exact) mass is 478 g/mol. The van der Waals surface area contributed by atoms with Gasteiger partial charge in [0.15, 0.2) is 11.5 Å². The van der Waals surface area contributed by atoms with E-state index in [1.807, 2.05) is 31.2 Å². The van der Waals surface area contributed by atoms with Crippen LogP contribution in [0.3, 0.4) is 0 Å². The van der Waals surface area contributed by atoms with Crippen LogP contribution < -0.4 is 10.1 Å². The van der Waals surface area contributed by atoms with Crippen LogP contribution in [0.5, 0.6) is 11.6 Å². The first-order valence-electron chi connectivity index (χ1n) is 11.8. The van der Waals surface area contributed by atoms with Crippen molar-refractivity contribution < 1.29 is 18.6 Å². The molecule has 0 spiro atoms. The summed E-state index contributed by atoms with van der Waals surface area (Å²) in [5, 5.41) is 7.89. The quantitative estimate of drug-likeness (QED) is 0.363. The molecular weight excluding hydrogens is 448 g/mol. The van der Waals surface area contributed by atoms with Crippen molar-refractivity contribution in [2.45, 2.75) is 58.8 Å². The van der Waals surface area contributed by atoms with Crippen LogP contribution in [0.4, 0.5) is 5.95 Å². The Kier molecular flexibility index (Phi) is 6.40. The van der Waals surface area contributed by atoms with E-state index in [1.165, 1.54) is 0 Å². The third-order valence-electron chi connectivity index (χ3n) is 5.98. The van der Waals surface area contributed by atoms with Crippen LogP contribution in [0.1, 0.15) is 45.1 Å². The molecule has 1 fully saturated rings. The molecule has 5 rings (SSSR count). The van der Waals surface area contributed by atoms with Crippen LogP contribution in [0, 0.1) is 6.92 Å². The summed E-state index contributed by atoms with van der Waals surface area (Å²) < 4.78 is 24.8. The highest BCUT2D eigenvalue weighted by Crippen LogP contribution is 2.30. The molecule has 1 atom stereocenters. The zero-order valence-corrected chi connectivity index (χ0v) is 20.4. The van der Waals surface area contributed by atoms with Crippen molar-refractivity contribution >= 4 is 11.6 Å². The molecule has 0 aromatic carbocycles. The summed E-state index contributed by atoms with van der Waals surface area (Å²) in [6, 6.07) is 9.35. The normalized spacial score (nSPS) is 16.2. The molecule has 35 heavy (non-hydrogen) atoms. The summed E-state index contributed by atoms with van der Waals surface area (Å²) in [7, 11) is 0. The van der Waals surface area contributed by atoms with Crippen LogP contribution >= 0.6 is 0 Å². The smallest absolute Gasteiger partial charge is 0.227 e. The molecule has 0 unspecified atom stereocenters. The molecule has 0 saturated carbocycles. The Morgan fingerprint density at radius 3 is 2.80 bits per heavy atom. The summed E-state index contributed by atoms with van der Waals surface area (Å²) in [4.78, 5) is 14.0. The predicted octanol–water partition coefficient (Wildman–Crippen LogP) is 4.79. The maximum absolute atomic E-state index is 6.13. The van der Waals surface area contributed by atoms with E-state index >= 15 is 0 Å². The molecule has 5 heterocycles. The van der Waals surface area contributed by atoms with Crippen molar-refractivity contribution in [1.82, 2.24) is 24.6 Å². The first-order valence-corrected chi connectivity index (χ1v) is 11.8. The number of pyridine rings is 1. The summed E-state index contributed by atoms with van der Waals surface area (Å²) in [6.07, 6.45) is 3.52. The lowest BCUT2D eigenvalue weighted by atomic mass is 10.0. The van der Waals surface area contributed by atoms with E-state index < -0.39 is 0 Å². The first kappa shape index (κ1) is 23.3. The van der Waals surface area contributed by atoms with Crippen molar-refractivity contribution in [1.29, 1.82) is 0 Å². The van der Waals surface area contributed by atoms with Crippen LogP contribution in [0.25, 0.3) is 17.2 Å². The van der Waals surface area contributed by atoms with Gasteiger partial charge in [-0.05, 0) is 51.8 Å². The van der Waals surface area contributed by atoms with E-state index in [0.717, 1.165) is 30.9 Å². The Bertz CT molecular complexity index is 1310. The van der Waals surface area contributed by atoms with Crippen molar-refractivity contribution in [2.75, 3.05) is 18.5 Å². The molecule has 0 amide bonds. The zero-order chi connectivity index (χ0) is 24.4. The van der Waals surface area contributed by atoms with Gasteiger partial charge in [-0.1, -0.05) is 13.0 Å². The number of hydrogen-bond acceptors (Lipinski definition) is 9. The minimum Gasteiger partial charge on any atom is -0.458 e. The Labute approximate surface area is 203 Å². The highest BCUT2D eigenvalue weighted by molar-refractivity contribution is 5.62. The minimum absolute atomic E-state index is 0.111. The number of anilines is 1. The molecule has 1 saturated heterocycles. The number of furan rings is 1. The molecular formula is C25H30N6O4. The number of aryl methyl sites for hydroxylation is 1. The van der Waals surface area contributed by atoms with Gasteiger partial charge in [-0.15, -0.1) is 0 Å². The summed E-state index contributed by atoms with van der Waals surface area (Å²) in [5.74, 6) is 3.26. The Morgan fingerprint density at radius 1 is 1.17 bits per heavy atom. The predicted molar refractivity (Wildman–Crippen MR) is 130 cm³/mol. The number of fused-ring (bicyclic) bond motifs is 1. The van der Waals surface area contributed by atoms with E-state index in [9.17, 15) is 0 Å². The largest absolute Gasteiger partial charge is 0.458 e. The molecule has 4 aromatic heterocycles. The molecule has 0 bridgehead atoms. The third kappa shape index (κ3) is 5.28. The van der Waals surface area contributed by atoms with Crippen LogP contribution in [0.15, 0.2) is 40.9 Å². The molecule has 4 aromatic rings. The average molecular weight is 479 g/mol. The maximum Gasteiger partial charge on any atom is 0.227 e. The first-order chi connectivity index (χ1) is 16.9. The Hall–Kier alpha value is -3.50. The number of nitrogens with zero attached hydrogens (tertiary/aromatic N) is 5.